The zero-order valence-electron chi connectivity index (χ0n) is 11.3. The van der Waals surface area contributed by atoms with Crippen molar-refractivity contribution < 1.29 is 4.79 Å². The van der Waals surface area contributed by atoms with Crippen LogP contribution in [0.3, 0.4) is 0 Å². The first-order valence-corrected chi connectivity index (χ1v) is 6.98. The number of nitrogens with zero attached hydrogens (tertiary/aromatic N) is 2. The Hall–Kier alpha value is -0.320. The lowest BCUT2D eigenvalue weighted by atomic mass is 10.00. The molecule has 5 heteroatoms. The zero-order chi connectivity index (χ0) is 12.3. The lowest BCUT2D eigenvalue weighted by Crippen LogP contribution is -2.47. The number of likely N-dealkylation sites (tertiary alicyclic amines) is 2. The molecule has 18 heavy (non-hydrogen) atoms. The monoisotopic (exact) mass is 275 g/mol. The summed E-state index contributed by atoms with van der Waals surface area (Å²) in [6.07, 6.45) is 5.75. The topological polar surface area (TPSA) is 49.6 Å². The van der Waals surface area contributed by atoms with E-state index in [1.807, 2.05) is 0 Å². The standard InChI is InChI=1S/C13H25N3O.ClH/c1-2-12-5-3-4-7-16(12)13(17)10-15-8-6-11(14)9-15;/h11-12H,2-10,14H2,1H3;1H. The molecule has 2 saturated heterocycles. The van der Waals surface area contributed by atoms with Crippen LogP contribution in [-0.4, -0.2) is 54.0 Å². The van der Waals surface area contributed by atoms with E-state index in [0.29, 0.717) is 18.5 Å². The zero-order valence-corrected chi connectivity index (χ0v) is 12.1. The van der Waals surface area contributed by atoms with Crippen molar-refractivity contribution in [2.24, 2.45) is 5.73 Å². The van der Waals surface area contributed by atoms with Crippen molar-refractivity contribution in [1.82, 2.24) is 9.80 Å². The normalized spacial score (nSPS) is 29.1. The van der Waals surface area contributed by atoms with Gasteiger partial charge in [-0.25, -0.2) is 0 Å². The Morgan fingerprint density at radius 2 is 2.06 bits per heavy atom. The lowest BCUT2D eigenvalue weighted by Gasteiger charge is -2.36. The molecular formula is C13H26ClN3O. The van der Waals surface area contributed by atoms with Crippen molar-refractivity contribution in [2.45, 2.75) is 51.1 Å². The van der Waals surface area contributed by atoms with Crippen LogP contribution < -0.4 is 5.73 Å². The third kappa shape index (κ3) is 3.84. The lowest BCUT2D eigenvalue weighted by molar-refractivity contribution is -0.135. The van der Waals surface area contributed by atoms with Gasteiger partial charge in [-0.2, -0.15) is 0 Å². The predicted molar refractivity (Wildman–Crippen MR) is 75.9 cm³/mol. The highest BCUT2D eigenvalue weighted by atomic mass is 35.5. The minimum Gasteiger partial charge on any atom is -0.339 e. The van der Waals surface area contributed by atoms with E-state index in [1.54, 1.807) is 0 Å². The highest BCUT2D eigenvalue weighted by Gasteiger charge is 2.28. The molecule has 0 aromatic heterocycles. The Kier molecular flexibility index (Phi) is 6.39. The van der Waals surface area contributed by atoms with Crippen LogP contribution in [0, 0.1) is 0 Å². The Labute approximate surface area is 116 Å². The second-order valence-electron chi connectivity index (χ2n) is 5.43. The Morgan fingerprint density at radius 3 is 2.67 bits per heavy atom. The molecule has 0 radical (unpaired) electrons. The summed E-state index contributed by atoms with van der Waals surface area (Å²) in [4.78, 5) is 16.6. The molecule has 2 heterocycles. The summed E-state index contributed by atoms with van der Waals surface area (Å²) >= 11 is 0. The molecule has 2 N–H and O–H groups in total. The number of hydrogen-bond acceptors (Lipinski definition) is 3. The Balaban J connectivity index is 0.00000162. The van der Waals surface area contributed by atoms with Crippen LogP contribution in [0.25, 0.3) is 0 Å². The number of carbonyl (C=O) groups excluding carboxylic acids is 1. The molecule has 2 unspecified atom stereocenters. The average molecular weight is 276 g/mol. The van der Waals surface area contributed by atoms with Crippen LogP contribution in [0.2, 0.25) is 0 Å². The molecule has 106 valence electrons. The van der Waals surface area contributed by atoms with Crippen molar-refractivity contribution >= 4 is 18.3 Å². The van der Waals surface area contributed by atoms with Crippen LogP contribution in [-0.2, 0) is 4.79 Å². The quantitative estimate of drug-likeness (QED) is 0.843. The summed E-state index contributed by atoms with van der Waals surface area (Å²) in [5.41, 5.74) is 5.87. The van der Waals surface area contributed by atoms with Gasteiger partial charge in [0.25, 0.3) is 0 Å². The van der Waals surface area contributed by atoms with Crippen molar-refractivity contribution in [1.29, 1.82) is 0 Å². The summed E-state index contributed by atoms with van der Waals surface area (Å²) < 4.78 is 0. The van der Waals surface area contributed by atoms with Crippen LogP contribution in [0.5, 0.6) is 0 Å². The molecule has 0 bridgehead atoms. The van der Waals surface area contributed by atoms with Crippen molar-refractivity contribution in [2.75, 3.05) is 26.2 Å². The van der Waals surface area contributed by atoms with E-state index in [2.05, 4.69) is 16.7 Å². The van der Waals surface area contributed by atoms with E-state index in [0.717, 1.165) is 32.5 Å². The maximum Gasteiger partial charge on any atom is 0.236 e. The first-order chi connectivity index (χ1) is 8.20. The van der Waals surface area contributed by atoms with Crippen molar-refractivity contribution in [3.63, 3.8) is 0 Å². The van der Waals surface area contributed by atoms with Gasteiger partial charge in [0.1, 0.15) is 0 Å². The molecule has 1 amide bonds. The molecule has 0 aliphatic carbocycles. The van der Waals surface area contributed by atoms with E-state index in [9.17, 15) is 4.79 Å². The molecular weight excluding hydrogens is 250 g/mol. The van der Waals surface area contributed by atoms with Gasteiger partial charge in [-0.05, 0) is 32.1 Å². The van der Waals surface area contributed by atoms with Crippen molar-refractivity contribution in [3.8, 4) is 0 Å². The average Bonchev–Trinajstić information content (AvgIpc) is 2.74. The number of hydrogen-bond donors (Lipinski definition) is 1. The van der Waals surface area contributed by atoms with E-state index < -0.39 is 0 Å². The summed E-state index contributed by atoms with van der Waals surface area (Å²) in [5.74, 6) is 0.311. The Bertz CT molecular complexity index is 275. The number of nitrogens with two attached hydrogens (primary N) is 1. The van der Waals surface area contributed by atoms with Gasteiger partial charge < -0.3 is 10.6 Å². The number of piperidine rings is 1. The molecule has 2 aliphatic rings. The van der Waals surface area contributed by atoms with Gasteiger partial charge in [-0.3, -0.25) is 9.69 Å². The first kappa shape index (κ1) is 15.7. The molecule has 0 aromatic rings. The van der Waals surface area contributed by atoms with E-state index in [-0.39, 0.29) is 18.4 Å². The van der Waals surface area contributed by atoms with Gasteiger partial charge in [-0.15, -0.1) is 12.4 Å². The van der Waals surface area contributed by atoms with Crippen LogP contribution in [0.15, 0.2) is 0 Å². The van der Waals surface area contributed by atoms with Crippen LogP contribution >= 0.6 is 12.4 Å². The minimum atomic E-state index is 0. The highest BCUT2D eigenvalue weighted by molar-refractivity contribution is 5.85. The molecule has 2 rings (SSSR count). The SMILES string of the molecule is CCC1CCCCN1C(=O)CN1CCC(N)C1.Cl. The third-order valence-electron chi connectivity index (χ3n) is 4.09. The summed E-state index contributed by atoms with van der Waals surface area (Å²) in [7, 11) is 0. The molecule has 0 spiro atoms. The number of carbonyl (C=O) groups is 1. The smallest absolute Gasteiger partial charge is 0.236 e. The fourth-order valence-electron chi connectivity index (χ4n) is 3.04. The second kappa shape index (κ2) is 7.31. The highest BCUT2D eigenvalue weighted by Crippen LogP contribution is 2.20. The largest absolute Gasteiger partial charge is 0.339 e. The molecule has 2 fully saturated rings. The van der Waals surface area contributed by atoms with Gasteiger partial charge in [0.05, 0.1) is 6.54 Å². The predicted octanol–water partition coefficient (Wildman–Crippen LogP) is 1.23. The maximum absolute atomic E-state index is 12.3. The summed E-state index contributed by atoms with van der Waals surface area (Å²) in [5, 5.41) is 0. The fraction of sp³-hybridized carbons (Fsp3) is 0.923. The van der Waals surface area contributed by atoms with Gasteiger partial charge in [0.2, 0.25) is 5.91 Å². The van der Waals surface area contributed by atoms with E-state index in [1.165, 1.54) is 19.3 Å². The first-order valence-electron chi connectivity index (χ1n) is 6.98. The van der Waals surface area contributed by atoms with E-state index >= 15 is 0 Å². The van der Waals surface area contributed by atoms with Crippen LogP contribution in [0.4, 0.5) is 0 Å². The summed E-state index contributed by atoms with van der Waals surface area (Å²) in [6, 6.07) is 0.749. The van der Waals surface area contributed by atoms with Gasteiger partial charge >= 0.3 is 0 Å². The third-order valence-corrected chi connectivity index (χ3v) is 4.09. The molecule has 4 nitrogen and oxygen atoms in total. The fourth-order valence-corrected chi connectivity index (χ4v) is 3.04. The minimum absolute atomic E-state index is 0. The van der Waals surface area contributed by atoms with Gasteiger partial charge in [-0.1, -0.05) is 6.92 Å². The number of amides is 1. The van der Waals surface area contributed by atoms with Gasteiger partial charge in [0, 0.05) is 31.7 Å². The Morgan fingerprint density at radius 1 is 1.28 bits per heavy atom. The molecule has 0 saturated carbocycles. The molecule has 0 aromatic carbocycles. The van der Waals surface area contributed by atoms with Crippen molar-refractivity contribution in [3.05, 3.63) is 0 Å². The molecule has 2 aliphatic heterocycles. The summed E-state index contributed by atoms with van der Waals surface area (Å²) in [6.45, 7) is 5.58. The number of rotatable bonds is 3. The number of halogens is 1. The second-order valence-corrected chi connectivity index (χ2v) is 5.43. The van der Waals surface area contributed by atoms with Crippen LogP contribution in [0.1, 0.15) is 39.0 Å². The van der Waals surface area contributed by atoms with E-state index in [4.69, 9.17) is 5.73 Å². The van der Waals surface area contributed by atoms with Gasteiger partial charge in [0.15, 0.2) is 0 Å². The maximum atomic E-state index is 12.3. The molecule has 2 atom stereocenters.